The Morgan fingerprint density at radius 3 is 2.35 bits per heavy atom. The Morgan fingerprint density at radius 2 is 1.77 bits per heavy atom. The number of carboxylic acids is 1. The van der Waals surface area contributed by atoms with Crippen molar-refractivity contribution in [2.24, 2.45) is 11.8 Å². The molecule has 1 unspecified atom stereocenters. The molecule has 3 N–H and O–H groups in total. The molecule has 0 saturated carbocycles. The molecule has 1 atom stereocenters. The van der Waals surface area contributed by atoms with E-state index in [1.165, 1.54) is 6.07 Å². The molecular formula is C19H26N2O5. The highest BCUT2D eigenvalue weighted by Gasteiger charge is 2.30. The van der Waals surface area contributed by atoms with Crippen LogP contribution in [0.15, 0.2) is 24.3 Å². The largest absolute Gasteiger partial charge is 0.481 e. The normalized spacial score (nSPS) is 15.9. The van der Waals surface area contributed by atoms with Gasteiger partial charge in [-0.15, -0.1) is 0 Å². The van der Waals surface area contributed by atoms with Gasteiger partial charge in [-0.1, -0.05) is 13.0 Å². The summed E-state index contributed by atoms with van der Waals surface area (Å²) in [7, 11) is 0. The molecule has 0 aromatic heterocycles. The summed E-state index contributed by atoms with van der Waals surface area (Å²) in [6.07, 6.45) is 2.19. The van der Waals surface area contributed by atoms with Crippen LogP contribution >= 0.6 is 0 Å². The molecule has 1 heterocycles. The van der Waals surface area contributed by atoms with Crippen LogP contribution in [-0.4, -0.2) is 49.2 Å². The van der Waals surface area contributed by atoms with E-state index in [0.29, 0.717) is 43.7 Å². The van der Waals surface area contributed by atoms with Gasteiger partial charge < -0.3 is 20.5 Å². The van der Waals surface area contributed by atoms with Crippen LogP contribution < -0.4 is 10.6 Å². The van der Waals surface area contributed by atoms with Crippen molar-refractivity contribution in [3.63, 3.8) is 0 Å². The first-order chi connectivity index (χ1) is 12.5. The maximum absolute atomic E-state index is 12.4. The highest BCUT2D eigenvalue weighted by molar-refractivity contribution is 5.99. The lowest BCUT2D eigenvalue weighted by molar-refractivity contribution is -0.144. The average Bonchev–Trinajstić information content (AvgIpc) is 2.66. The highest BCUT2D eigenvalue weighted by Crippen LogP contribution is 2.23. The first kappa shape index (κ1) is 19.9. The van der Waals surface area contributed by atoms with E-state index in [4.69, 9.17) is 4.74 Å². The van der Waals surface area contributed by atoms with Crippen LogP contribution in [0.4, 0.5) is 0 Å². The molecule has 142 valence electrons. The number of benzene rings is 1. The SMILES string of the molecule is CCCNC(=O)c1cccc(C(=O)NCC(C(=O)O)C2CCOCC2)c1. The Bertz CT molecular complexity index is 641. The van der Waals surface area contributed by atoms with Gasteiger partial charge in [-0.25, -0.2) is 0 Å². The Morgan fingerprint density at radius 1 is 1.15 bits per heavy atom. The maximum Gasteiger partial charge on any atom is 0.308 e. The van der Waals surface area contributed by atoms with Crippen molar-refractivity contribution in [2.45, 2.75) is 26.2 Å². The number of rotatable bonds is 8. The van der Waals surface area contributed by atoms with E-state index < -0.39 is 11.9 Å². The van der Waals surface area contributed by atoms with Gasteiger partial charge in [-0.3, -0.25) is 14.4 Å². The number of carbonyl (C=O) groups is 3. The van der Waals surface area contributed by atoms with Gasteiger partial charge in [0.2, 0.25) is 0 Å². The van der Waals surface area contributed by atoms with E-state index in [1.807, 2.05) is 6.92 Å². The molecule has 1 aliphatic heterocycles. The standard InChI is InChI=1S/C19H26N2O5/c1-2-8-20-17(22)14-4-3-5-15(11-14)18(23)21-12-16(19(24)25)13-6-9-26-10-7-13/h3-5,11,13,16H,2,6-10,12H2,1H3,(H,20,22)(H,21,23)(H,24,25). The van der Waals surface area contributed by atoms with Crippen LogP contribution in [0.2, 0.25) is 0 Å². The molecule has 26 heavy (non-hydrogen) atoms. The summed E-state index contributed by atoms with van der Waals surface area (Å²) >= 11 is 0. The van der Waals surface area contributed by atoms with E-state index in [0.717, 1.165) is 6.42 Å². The number of carbonyl (C=O) groups excluding carboxylic acids is 2. The lowest BCUT2D eigenvalue weighted by atomic mass is 9.86. The first-order valence-corrected chi connectivity index (χ1v) is 9.00. The van der Waals surface area contributed by atoms with Crippen molar-refractivity contribution in [1.82, 2.24) is 10.6 Å². The van der Waals surface area contributed by atoms with Crippen molar-refractivity contribution >= 4 is 17.8 Å². The number of carboxylic acid groups (broad SMARTS) is 1. The topological polar surface area (TPSA) is 105 Å². The monoisotopic (exact) mass is 362 g/mol. The molecule has 7 nitrogen and oxygen atoms in total. The zero-order chi connectivity index (χ0) is 18.9. The number of ether oxygens (including phenoxy) is 1. The van der Waals surface area contributed by atoms with Crippen LogP contribution in [0.1, 0.15) is 46.9 Å². The molecule has 1 aromatic carbocycles. The lowest BCUT2D eigenvalue weighted by Crippen LogP contribution is -2.39. The second kappa shape index (κ2) is 9.91. The van der Waals surface area contributed by atoms with Crippen molar-refractivity contribution in [1.29, 1.82) is 0 Å². The molecule has 1 fully saturated rings. The number of hydrogen-bond acceptors (Lipinski definition) is 4. The Kier molecular flexibility index (Phi) is 7.59. The third-order valence-electron chi connectivity index (χ3n) is 4.56. The first-order valence-electron chi connectivity index (χ1n) is 9.00. The highest BCUT2D eigenvalue weighted by atomic mass is 16.5. The third kappa shape index (κ3) is 5.56. The molecule has 1 aromatic rings. The number of hydrogen-bond donors (Lipinski definition) is 3. The molecule has 7 heteroatoms. The van der Waals surface area contributed by atoms with Crippen LogP contribution in [-0.2, 0) is 9.53 Å². The number of amides is 2. The minimum atomic E-state index is -0.912. The minimum Gasteiger partial charge on any atom is -0.481 e. The van der Waals surface area contributed by atoms with Crippen molar-refractivity contribution in [3.05, 3.63) is 35.4 Å². The summed E-state index contributed by atoms with van der Waals surface area (Å²) in [5.41, 5.74) is 0.746. The van der Waals surface area contributed by atoms with E-state index in [-0.39, 0.29) is 24.3 Å². The third-order valence-corrected chi connectivity index (χ3v) is 4.56. The molecule has 0 bridgehead atoms. The van der Waals surface area contributed by atoms with Crippen molar-refractivity contribution in [2.75, 3.05) is 26.3 Å². The summed E-state index contributed by atoms with van der Waals surface area (Å²) in [4.78, 5) is 35.9. The van der Waals surface area contributed by atoms with Gasteiger partial charge >= 0.3 is 5.97 Å². The van der Waals surface area contributed by atoms with E-state index in [2.05, 4.69) is 10.6 Å². The predicted octanol–water partition coefficient (Wildman–Crippen LogP) is 1.68. The Balaban J connectivity index is 1.97. The van der Waals surface area contributed by atoms with Gasteiger partial charge in [-0.05, 0) is 43.4 Å². The summed E-state index contributed by atoms with van der Waals surface area (Å²) in [5, 5.41) is 14.9. The minimum absolute atomic E-state index is 0.00675. The Hall–Kier alpha value is -2.41. The molecule has 0 aliphatic carbocycles. The predicted molar refractivity (Wildman–Crippen MR) is 96.1 cm³/mol. The van der Waals surface area contributed by atoms with Gasteiger partial charge in [-0.2, -0.15) is 0 Å². The van der Waals surface area contributed by atoms with Crippen LogP contribution in [0.25, 0.3) is 0 Å². The molecule has 0 spiro atoms. The molecular weight excluding hydrogens is 336 g/mol. The summed E-state index contributed by atoms with van der Waals surface area (Å²) < 4.78 is 5.27. The van der Waals surface area contributed by atoms with Gasteiger partial charge in [0.15, 0.2) is 0 Å². The quantitative estimate of drug-likeness (QED) is 0.653. The fraction of sp³-hybridized carbons (Fsp3) is 0.526. The zero-order valence-electron chi connectivity index (χ0n) is 15.0. The Labute approximate surface area is 153 Å². The van der Waals surface area contributed by atoms with Gasteiger partial charge in [0.25, 0.3) is 11.8 Å². The molecule has 2 amide bonds. The average molecular weight is 362 g/mol. The van der Waals surface area contributed by atoms with Crippen LogP contribution in [0.3, 0.4) is 0 Å². The fourth-order valence-corrected chi connectivity index (χ4v) is 3.02. The van der Waals surface area contributed by atoms with E-state index in [9.17, 15) is 19.5 Å². The maximum atomic E-state index is 12.4. The van der Waals surface area contributed by atoms with Crippen LogP contribution in [0, 0.1) is 11.8 Å². The van der Waals surface area contributed by atoms with Crippen molar-refractivity contribution in [3.8, 4) is 0 Å². The molecule has 2 rings (SSSR count). The summed E-state index contributed by atoms with van der Waals surface area (Å²) in [6.45, 7) is 3.70. The molecule has 1 aliphatic rings. The van der Waals surface area contributed by atoms with Gasteiger partial charge in [0.05, 0.1) is 5.92 Å². The molecule has 0 radical (unpaired) electrons. The van der Waals surface area contributed by atoms with Gasteiger partial charge in [0, 0.05) is 37.4 Å². The summed E-state index contributed by atoms with van der Waals surface area (Å²) in [5.74, 6) is -2.17. The summed E-state index contributed by atoms with van der Waals surface area (Å²) in [6, 6.07) is 6.41. The van der Waals surface area contributed by atoms with E-state index >= 15 is 0 Å². The van der Waals surface area contributed by atoms with Gasteiger partial charge in [0.1, 0.15) is 0 Å². The second-order valence-electron chi connectivity index (χ2n) is 6.44. The fourth-order valence-electron chi connectivity index (χ4n) is 3.02. The van der Waals surface area contributed by atoms with Crippen LogP contribution in [0.5, 0.6) is 0 Å². The smallest absolute Gasteiger partial charge is 0.308 e. The number of aliphatic carboxylic acids is 1. The second-order valence-corrected chi connectivity index (χ2v) is 6.44. The zero-order valence-corrected chi connectivity index (χ0v) is 15.0. The lowest BCUT2D eigenvalue weighted by Gasteiger charge is -2.27. The molecule has 1 saturated heterocycles. The van der Waals surface area contributed by atoms with E-state index in [1.54, 1.807) is 18.2 Å². The number of nitrogens with one attached hydrogen (secondary N) is 2. The van der Waals surface area contributed by atoms with Crippen molar-refractivity contribution < 1.29 is 24.2 Å².